The van der Waals surface area contributed by atoms with E-state index in [9.17, 15) is 4.79 Å². The number of nitrogens with one attached hydrogen (secondary N) is 1. The average molecular weight is 250 g/mol. The molecule has 1 atom stereocenters. The Morgan fingerprint density at radius 2 is 2.44 bits per heavy atom. The maximum Gasteiger partial charge on any atom is 0.330 e. The Kier molecular flexibility index (Phi) is 3.42. The second-order valence-corrected chi connectivity index (χ2v) is 3.79. The number of anilines is 1. The largest absolute Gasteiger partial charge is 0.467 e. The molecule has 0 saturated carbocycles. The third-order valence-electron chi connectivity index (χ3n) is 2.49. The van der Waals surface area contributed by atoms with Gasteiger partial charge in [0.1, 0.15) is 11.6 Å². The summed E-state index contributed by atoms with van der Waals surface area (Å²) >= 11 is 0. The summed E-state index contributed by atoms with van der Waals surface area (Å²) in [5.41, 5.74) is 1.57. The molecule has 2 aromatic rings. The van der Waals surface area contributed by atoms with Crippen LogP contribution in [0.5, 0.6) is 0 Å². The number of carbonyl (C=O) groups is 1. The molecule has 2 aromatic heterocycles. The molecule has 7 heteroatoms. The monoisotopic (exact) mass is 250 g/mol. The number of carbonyl (C=O) groups excluding carboxylic acids is 1. The van der Waals surface area contributed by atoms with Crippen molar-refractivity contribution in [2.24, 2.45) is 0 Å². The SMILES string of the molecule is COC(=O)C(CO)Nc1nccn2nc(C)cc12. The fourth-order valence-electron chi connectivity index (χ4n) is 1.64. The molecule has 0 aliphatic heterocycles. The molecule has 0 aliphatic rings. The van der Waals surface area contributed by atoms with Crippen molar-refractivity contribution in [3.8, 4) is 0 Å². The van der Waals surface area contributed by atoms with Gasteiger partial charge in [0.15, 0.2) is 5.82 Å². The van der Waals surface area contributed by atoms with Crippen molar-refractivity contribution in [1.82, 2.24) is 14.6 Å². The molecule has 18 heavy (non-hydrogen) atoms. The molecule has 0 radical (unpaired) electrons. The highest BCUT2D eigenvalue weighted by atomic mass is 16.5. The van der Waals surface area contributed by atoms with Crippen molar-refractivity contribution in [3.05, 3.63) is 24.2 Å². The number of nitrogens with zero attached hydrogens (tertiary/aromatic N) is 3. The molecule has 0 aromatic carbocycles. The van der Waals surface area contributed by atoms with Crippen LogP contribution in [0.2, 0.25) is 0 Å². The van der Waals surface area contributed by atoms with Crippen molar-refractivity contribution in [2.45, 2.75) is 13.0 Å². The van der Waals surface area contributed by atoms with E-state index in [-0.39, 0.29) is 6.61 Å². The molecule has 96 valence electrons. The number of esters is 1. The zero-order valence-electron chi connectivity index (χ0n) is 10.1. The summed E-state index contributed by atoms with van der Waals surface area (Å²) in [5.74, 6) is -0.0694. The lowest BCUT2D eigenvalue weighted by molar-refractivity contribution is -0.142. The van der Waals surface area contributed by atoms with Gasteiger partial charge in [-0.1, -0.05) is 0 Å². The van der Waals surface area contributed by atoms with Crippen molar-refractivity contribution < 1.29 is 14.6 Å². The molecule has 0 fully saturated rings. The Hall–Kier alpha value is -2.15. The van der Waals surface area contributed by atoms with E-state index in [1.807, 2.05) is 13.0 Å². The molecule has 0 spiro atoms. The minimum absolute atomic E-state index is 0.372. The first kappa shape index (κ1) is 12.3. The summed E-state index contributed by atoms with van der Waals surface area (Å²) < 4.78 is 6.23. The van der Waals surface area contributed by atoms with Gasteiger partial charge in [0.2, 0.25) is 0 Å². The number of methoxy groups -OCH3 is 1. The molecule has 2 N–H and O–H groups in total. The Labute approximate surface area is 103 Å². The van der Waals surface area contributed by atoms with Crippen LogP contribution in [-0.2, 0) is 9.53 Å². The minimum atomic E-state index is -0.844. The lowest BCUT2D eigenvalue weighted by Crippen LogP contribution is -2.34. The maximum absolute atomic E-state index is 11.4. The number of hydrogen-bond acceptors (Lipinski definition) is 6. The molecule has 1 unspecified atom stereocenters. The van der Waals surface area contributed by atoms with E-state index in [0.29, 0.717) is 5.82 Å². The molecule has 0 aliphatic carbocycles. The number of aliphatic hydroxyl groups is 1. The van der Waals surface area contributed by atoms with Crippen LogP contribution < -0.4 is 5.32 Å². The van der Waals surface area contributed by atoms with E-state index >= 15 is 0 Å². The Bertz CT molecular complexity index is 566. The van der Waals surface area contributed by atoms with Crippen LogP contribution in [0, 0.1) is 6.92 Å². The first-order chi connectivity index (χ1) is 8.65. The highest BCUT2D eigenvalue weighted by Crippen LogP contribution is 2.15. The van der Waals surface area contributed by atoms with E-state index in [4.69, 9.17) is 5.11 Å². The predicted octanol–water partition coefficient (Wildman–Crippen LogP) is -0.0165. The van der Waals surface area contributed by atoms with Crippen LogP contribution in [0.25, 0.3) is 5.52 Å². The topological polar surface area (TPSA) is 88.8 Å². The molecule has 0 saturated heterocycles. The molecule has 0 amide bonds. The number of aromatic nitrogens is 3. The average Bonchev–Trinajstić information content (AvgIpc) is 2.76. The van der Waals surface area contributed by atoms with Gasteiger partial charge in [-0.3, -0.25) is 0 Å². The molecule has 0 bridgehead atoms. The van der Waals surface area contributed by atoms with E-state index in [1.165, 1.54) is 7.11 Å². The highest BCUT2D eigenvalue weighted by molar-refractivity contribution is 5.81. The van der Waals surface area contributed by atoms with Crippen molar-refractivity contribution in [1.29, 1.82) is 0 Å². The van der Waals surface area contributed by atoms with Crippen molar-refractivity contribution in [3.63, 3.8) is 0 Å². The van der Waals surface area contributed by atoms with Gasteiger partial charge < -0.3 is 15.2 Å². The number of hydrogen-bond donors (Lipinski definition) is 2. The zero-order chi connectivity index (χ0) is 13.1. The summed E-state index contributed by atoms with van der Waals surface area (Å²) in [7, 11) is 1.27. The summed E-state index contributed by atoms with van der Waals surface area (Å²) in [4.78, 5) is 15.5. The molecule has 2 heterocycles. The predicted molar refractivity (Wildman–Crippen MR) is 64.2 cm³/mol. The summed E-state index contributed by atoms with van der Waals surface area (Å²) in [5, 5.41) is 16.2. The first-order valence-corrected chi connectivity index (χ1v) is 5.42. The summed E-state index contributed by atoms with van der Waals surface area (Å²) in [6.45, 7) is 1.49. The van der Waals surface area contributed by atoms with Gasteiger partial charge in [0, 0.05) is 12.4 Å². The lowest BCUT2D eigenvalue weighted by Gasteiger charge is -2.14. The molecule has 2 rings (SSSR count). The van der Waals surface area contributed by atoms with E-state index < -0.39 is 12.0 Å². The lowest BCUT2D eigenvalue weighted by atomic mass is 10.3. The second kappa shape index (κ2) is 5.01. The maximum atomic E-state index is 11.4. The minimum Gasteiger partial charge on any atom is -0.467 e. The third-order valence-corrected chi connectivity index (χ3v) is 2.49. The first-order valence-electron chi connectivity index (χ1n) is 5.42. The van der Waals surface area contributed by atoms with Crippen LogP contribution >= 0.6 is 0 Å². The number of aryl methyl sites for hydroxylation is 1. The Balaban J connectivity index is 2.33. The number of fused-ring (bicyclic) bond motifs is 1. The van der Waals surface area contributed by atoms with Gasteiger partial charge in [-0.25, -0.2) is 14.3 Å². The van der Waals surface area contributed by atoms with Gasteiger partial charge in [-0.05, 0) is 13.0 Å². The number of ether oxygens (including phenoxy) is 1. The van der Waals surface area contributed by atoms with E-state index in [0.717, 1.165) is 11.2 Å². The van der Waals surface area contributed by atoms with Gasteiger partial charge in [-0.2, -0.15) is 5.10 Å². The summed E-state index contributed by atoms with van der Waals surface area (Å²) in [6.07, 6.45) is 3.27. The van der Waals surface area contributed by atoms with Gasteiger partial charge in [0.05, 0.1) is 19.4 Å². The number of rotatable bonds is 4. The standard InChI is InChI=1S/C11H14N4O3/c1-7-5-9-10(12-3-4-15(9)14-7)13-8(6-16)11(17)18-2/h3-5,8,16H,6H2,1-2H3,(H,12,13). The van der Waals surface area contributed by atoms with Crippen LogP contribution in [0.15, 0.2) is 18.5 Å². The Morgan fingerprint density at radius 1 is 1.67 bits per heavy atom. The molecular formula is C11H14N4O3. The van der Waals surface area contributed by atoms with Crippen molar-refractivity contribution >= 4 is 17.3 Å². The fourth-order valence-corrected chi connectivity index (χ4v) is 1.64. The van der Waals surface area contributed by atoms with E-state index in [2.05, 4.69) is 20.1 Å². The number of aliphatic hydroxyl groups excluding tert-OH is 1. The quantitative estimate of drug-likeness (QED) is 0.741. The third kappa shape index (κ3) is 2.25. The van der Waals surface area contributed by atoms with Crippen LogP contribution in [-0.4, -0.2) is 45.4 Å². The van der Waals surface area contributed by atoms with Gasteiger partial charge in [-0.15, -0.1) is 0 Å². The zero-order valence-corrected chi connectivity index (χ0v) is 10.1. The Morgan fingerprint density at radius 3 is 3.11 bits per heavy atom. The van der Waals surface area contributed by atoms with Crippen LogP contribution in [0.3, 0.4) is 0 Å². The van der Waals surface area contributed by atoms with Gasteiger partial charge >= 0.3 is 5.97 Å². The smallest absolute Gasteiger partial charge is 0.330 e. The summed E-state index contributed by atoms with van der Waals surface area (Å²) in [6, 6.07) is 0.991. The molecular weight excluding hydrogens is 236 g/mol. The molecule has 7 nitrogen and oxygen atoms in total. The van der Waals surface area contributed by atoms with Crippen LogP contribution in [0.4, 0.5) is 5.82 Å². The van der Waals surface area contributed by atoms with Crippen LogP contribution in [0.1, 0.15) is 5.69 Å². The van der Waals surface area contributed by atoms with Crippen molar-refractivity contribution in [2.75, 3.05) is 19.0 Å². The highest BCUT2D eigenvalue weighted by Gasteiger charge is 2.19. The second-order valence-electron chi connectivity index (χ2n) is 3.79. The van der Waals surface area contributed by atoms with E-state index in [1.54, 1.807) is 16.9 Å². The fraction of sp³-hybridized carbons (Fsp3) is 0.364. The normalized spacial score (nSPS) is 12.4. The van der Waals surface area contributed by atoms with Gasteiger partial charge in [0.25, 0.3) is 0 Å².